The number of piperazine rings is 1. The molecule has 27 heavy (non-hydrogen) atoms. The maximum atomic E-state index is 12.8. The highest BCUT2D eigenvalue weighted by atomic mass is 32.2. The molecule has 1 N–H and O–H groups in total. The van der Waals surface area contributed by atoms with E-state index in [1.165, 1.54) is 17.1 Å². The molecule has 150 valence electrons. The van der Waals surface area contributed by atoms with Gasteiger partial charge >= 0.3 is 5.97 Å². The van der Waals surface area contributed by atoms with Gasteiger partial charge in [0.15, 0.2) is 0 Å². The first-order valence-electron chi connectivity index (χ1n) is 10.00. The van der Waals surface area contributed by atoms with Crippen LogP contribution in [0.2, 0.25) is 0 Å². The molecule has 2 aliphatic rings. The van der Waals surface area contributed by atoms with E-state index in [-0.39, 0.29) is 16.8 Å². The van der Waals surface area contributed by atoms with E-state index in [4.69, 9.17) is 4.74 Å². The van der Waals surface area contributed by atoms with Gasteiger partial charge < -0.3 is 10.1 Å². The fourth-order valence-corrected chi connectivity index (χ4v) is 5.54. The van der Waals surface area contributed by atoms with Gasteiger partial charge in [0, 0.05) is 26.2 Å². The van der Waals surface area contributed by atoms with Crippen LogP contribution in [0.25, 0.3) is 0 Å². The molecular weight excluding hydrogens is 364 g/mol. The molecular formula is C20H30N2O4S. The van der Waals surface area contributed by atoms with Crippen LogP contribution in [0.3, 0.4) is 0 Å². The van der Waals surface area contributed by atoms with Gasteiger partial charge in [-0.05, 0) is 37.0 Å². The Balaban J connectivity index is 1.78. The Morgan fingerprint density at radius 3 is 2.41 bits per heavy atom. The molecule has 1 heterocycles. The third-order valence-electron chi connectivity index (χ3n) is 5.61. The van der Waals surface area contributed by atoms with E-state index in [0.717, 1.165) is 24.8 Å². The molecule has 1 aromatic carbocycles. The van der Waals surface area contributed by atoms with Crippen molar-refractivity contribution >= 4 is 16.0 Å². The molecule has 6 nitrogen and oxygen atoms in total. The Labute approximate surface area is 162 Å². The first-order valence-corrected chi connectivity index (χ1v) is 11.4. The quantitative estimate of drug-likeness (QED) is 0.719. The number of rotatable bonds is 7. The van der Waals surface area contributed by atoms with Gasteiger partial charge in [0.2, 0.25) is 10.0 Å². The summed E-state index contributed by atoms with van der Waals surface area (Å²) < 4.78 is 32.4. The SMILES string of the molecule is CCOC(=O)C(CC1CCCC1)c1ccc(S(=O)(=O)N2CCNCC2)cc1. The van der Waals surface area contributed by atoms with Crippen LogP contribution in [0.1, 0.15) is 50.5 Å². The zero-order valence-electron chi connectivity index (χ0n) is 16.0. The Hall–Kier alpha value is -1.44. The second-order valence-corrected chi connectivity index (χ2v) is 9.35. The maximum absolute atomic E-state index is 12.8. The second kappa shape index (κ2) is 9.17. The minimum Gasteiger partial charge on any atom is -0.466 e. The molecule has 1 aromatic rings. The van der Waals surface area contributed by atoms with E-state index in [0.29, 0.717) is 38.7 Å². The van der Waals surface area contributed by atoms with Crippen molar-refractivity contribution in [1.82, 2.24) is 9.62 Å². The monoisotopic (exact) mass is 394 g/mol. The molecule has 1 aliphatic heterocycles. The van der Waals surface area contributed by atoms with Crippen LogP contribution in [0.5, 0.6) is 0 Å². The molecule has 1 unspecified atom stereocenters. The van der Waals surface area contributed by atoms with Gasteiger partial charge in [0.25, 0.3) is 0 Å². The van der Waals surface area contributed by atoms with Crippen molar-refractivity contribution in [3.63, 3.8) is 0 Å². The van der Waals surface area contributed by atoms with Crippen LogP contribution in [-0.2, 0) is 19.6 Å². The lowest BCUT2D eigenvalue weighted by Crippen LogP contribution is -2.46. The van der Waals surface area contributed by atoms with E-state index in [1.54, 1.807) is 24.3 Å². The number of ether oxygens (including phenoxy) is 1. The van der Waals surface area contributed by atoms with Crippen LogP contribution in [0.4, 0.5) is 0 Å². The van der Waals surface area contributed by atoms with Gasteiger partial charge in [-0.1, -0.05) is 37.8 Å². The lowest BCUT2D eigenvalue weighted by atomic mass is 9.88. The summed E-state index contributed by atoms with van der Waals surface area (Å²) in [6, 6.07) is 6.83. The van der Waals surface area contributed by atoms with Crippen molar-refractivity contribution < 1.29 is 17.9 Å². The lowest BCUT2D eigenvalue weighted by molar-refractivity contribution is -0.145. The summed E-state index contributed by atoms with van der Waals surface area (Å²) in [5.41, 5.74) is 0.847. The zero-order chi connectivity index (χ0) is 19.3. The number of carbonyl (C=O) groups is 1. The van der Waals surface area contributed by atoms with Crippen molar-refractivity contribution in [2.75, 3.05) is 32.8 Å². The second-order valence-electron chi connectivity index (χ2n) is 7.41. The van der Waals surface area contributed by atoms with E-state index < -0.39 is 10.0 Å². The number of nitrogens with zero attached hydrogens (tertiary/aromatic N) is 1. The highest BCUT2D eigenvalue weighted by Gasteiger charge is 2.29. The highest BCUT2D eigenvalue weighted by Crippen LogP contribution is 2.35. The van der Waals surface area contributed by atoms with Gasteiger partial charge in [-0.3, -0.25) is 4.79 Å². The molecule has 1 saturated carbocycles. The molecule has 1 aliphatic carbocycles. The Bertz CT molecular complexity index is 721. The van der Waals surface area contributed by atoms with Crippen molar-refractivity contribution in [2.24, 2.45) is 5.92 Å². The average molecular weight is 395 g/mol. The summed E-state index contributed by atoms with van der Waals surface area (Å²) in [5.74, 6) is 0.0229. The van der Waals surface area contributed by atoms with Crippen LogP contribution in [0.15, 0.2) is 29.2 Å². The first-order chi connectivity index (χ1) is 13.0. The molecule has 0 radical (unpaired) electrons. The number of esters is 1. The first kappa shape index (κ1) is 20.3. The van der Waals surface area contributed by atoms with Crippen molar-refractivity contribution in [3.05, 3.63) is 29.8 Å². The smallest absolute Gasteiger partial charge is 0.313 e. The topological polar surface area (TPSA) is 75.7 Å². The summed E-state index contributed by atoms with van der Waals surface area (Å²) >= 11 is 0. The maximum Gasteiger partial charge on any atom is 0.313 e. The predicted molar refractivity (Wildman–Crippen MR) is 104 cm³/mol. The Morgan fingerprint density at radius 1 is 1.19 bits per heavy atom. The van der Waals surface area contributed by atoms with Crippen LogP contribution in [-0.4, -0.2) is 51.5 Å². The third kappa shape index (κ3) is 4.89. The minimum absolute atomic E-state index is 0.206. The number of hydrogen-bond donors (Lipinski definition) is 1. The highest BCUT2D eigenvalue weighted by molar-refractivity contribution is 7.89. The molecule has 0 bridgehead atoms. The molecule has 0 amide bonds. The fourth-order valence-electron chi connectivity index (χ4n) is 4.10. The molecule has 3 rings (SSSR count). The van der Waals surface area contributed by atoms with Gasteiger partial charge in [-0.15, -0.1) is 0 Å². The number of sulfonamides is 1. The molecule has 1 atom stereocenters. The fraction of sp³-hybridized carbons (Fsp3) is 0.650. The van der Waals surface area contributed by atoms with Gasteiger partial charge in [-0.2, -0.15) is 4.31 Å². The zero-order valence-corrected chi connectivity index (χ0v) is 16.8. The molecule has 1 saturated heterocycles. The minimum atomic E-state index is -3.48. The summed E-state index contributed by atoms with van der Waals surface area (Å²) in [6.45, 7) is 4.48. The summed E-state index contributed by atoms with van der Waals surface area (Å²) in [6.07, 6.45) is 5.55. The number of carbonyl (C=O) groups excluding carboxylic acids is 1. The van der Waals surface area contributed by atoms with E-state index in [1.807, 2.05) is 6.92 Å². The van der Waals surface area contributed by atoms with E-state index >= 15 is 0 Å². The summed E-state index contributed by atoms with van der Waals surface area (Å²) in [4.78, 5) is 12.8. The van der Waals surface area contributed by atoms with Crippen LogP contribution >= 0.6 is 0 Å². The summed E-state index contributed by atoms with van der Waals surface area (Å²) in [7, 11) is -3.48. The summed E-state index contributed by atoms with van der Waals surface area (Å²) in [5, 5.41) is 3.16. The van der Waals surface area contributed by atoms with Gasteiger partial charge in [0.05, 0.1) is 17.4 Å². The van der Waals surface area contributed by atoms with Crippen LogP contribution < -0.4 is 5.32 Å². The average Bonchev–Trinajstić information content (AvgIpc) is 3.20. The van der Waals surface area contributed by atoms with Crippen LogP contribution in [0, 0.1) is 5.92 Å². The van der Waals surface area contributed by atoms with Crippen molar-refractivity contribution in [2.45, 2.75) is 49.8 Å². The Morgan fingerprint density at radius 2 is 1.81 bits per heavy atom. The van der Waals surface area contributed by atoms with Gasteiger partial charge in [0.1, 0.15) is 0 Å². The van der Waals surface area contributed by atoms with Crippen molar-refractivity contribution in [1.29, 1.82) is 0 Å². The molecule has 0 aromatic heterocycles. The molecule has 0 spiro atoms. The Kier molecular flexibility index (Phi) is 6.89. The normalized spacial score (nSPS) is 20.5. The van der Waals surface area contributed by atoms with Gasteiger partial charge in [-0.25, -0.2) is 8.42 Å². The van der Waals surface area contributed by atoms with Crippen molar-refractivity contribution in [3.8, 4) is 0 Å². The lowest BCUT2D eigenvalue weighted by Gasteiger charge is -2.26. The number of nitrogens with one attached hydrogen (secondary N) is 1. The molecule has 7 heteroatoms. The largest absolute Gasteiger partial charge is 0.466 e. The number of benzene rings is 1. The van der Waals surface area contributed by atoms with E-state index in [9.17, 15) is 13.2 Å². The predicted octanol–water partition coefficient (Wildman–Crippen LogP) is 2.51. The number of hydrogen-bond acceptors (Lipinski definition) is 5. The van der Waals surface area contributed by atoms with E-state index in [2.05, 4.69) is 5.32 Å². The third-order valence-corrected chi connectivity index (χ3v) is 7.52. The molecule has 2 fully saturated rings. The standard InChI is InChI=1S/C20H30N2O4S/c1-2-26-20(23)19(15-16-5-3-4-6-16)17-7-9-18(10-8-17)27(24,25)22-13-11-21-12-14-22/h7-10,16,19,21H,2-6,11-15H2,1H3.